The van der Waals surface area contributed by atoms with E-state index in [1.165, 1.54) is 18.2 Å². The molecule has 6 heteroatoms. The van der Waals surface area contributed by atoms with Crippen LogP contribution in [0.5, 0.6) is 5.75 Å². The summed E-state index contributed by atoms with van der Waals surface area (Å²) < 4.78 is 54.8. The van der Waals surface area contributed by atoms with Crippen LogP contribution >= 0.6 is 0 Å². The molecule has 1 unspecified atom stereocenters. The maximum absolute atomic E-state index is 13.1. The van der Waals surface area contributed by atoms with Crippen LogP contribution in [0.25, 0.3) is 0 Å². The Morgan fingerprint density at radius 1 is 0.900 bits per heavy atom. The van der Waals surface area contributed by atoms with Crippen LogP contribution < -0.4 is 10.5 Å². The molecule has 106 valence electrons. The predicted octanol–water partition coefficient (Wildman–Crippen LogP) is 3.61. The number of nitrogens with two attached hydrogens (primary N) is 1. The summed E-state index contributed by atoms with van der Waals surface area (Å²) in [6, 6.07) is 7.75. The smallest absolute Gasteiger partial charge is 0.387 e. The minimum absolute atomic E-state index is 0.0650. The first-order valence-corrected chi connectivity index (χ1v) is 5.72. The summed E-state index contributed by atoms with van der Waals surface area (Å²) >= 11 is 0. The van der Waals surface area contributed by atoms with Gasteiger partial charge in [0.05, 0.1) is 6.04 Å². The average Bonchev–Trinajstić information content (AvgIpc) is 2.36. The van der Waals surface area contributed by atoms with Gasteiger partial charge < -0.3 is 10.5 Å². The molecule has 1 atom stereocenters. The van der Waals surface area contributed by atoms with Crippen LogP contribution in [0.4, 0.5) is 17.6 Å². The van der Waals surface area contributed by atoms with Crippen molar-refractivity contribution in [1.82, 2.24) is 0 Å². The van der Waals surface area contributed by atoms with Gasteiger partial charge in [0.2, 0.25) is 0 Å². The van der Waals surface area contributed by atoms with Crippen LogP contribution in [0.1, 0.15) is 17.2 Å². The van der Waals surface area contributed by atoms with Gasteiger partial charge in [0.25, 0.3) is 0 Å². The van der Waals surface area contributed by atoms with Crippen molar-refractivity contribution in [3.8, 4) is 5.75 Å². The Morgan fingerprint density at radius 3 is 2.15 bits per heavy atom. The topological polar surface area (TPSA) is 35.2 Å². The molecule has 0 spiro atoms. The number of benzene rings is 2. The number of hydrogen-bond acceptors (Lipinski definition) is 2. The van der Waals surface area contributed by atoms with Crippen molar-refractivity contribution in [1.29, 1.82) is 0 Å². The van der Waals surface area contributed by atoms with Gasteiger partial charge in [-0.15, -0.1) is 0 Å². The van der Waals surface area contributed by atoms with Crippen LogP contribution in [-0.2, 0) is 0 Å². The van der Waals surface area contributed by atoms with E-state index < -0.39 is 24.3 Å². The molecule has 2 aromatic rings. The third-order valence-corrected chi connectivity index (χ3v) is 2.69. The summed E-state index contributed by atoms with van der Waals surface area (Å²) in [6.45, 7) is -2.95. The molecule has 0 radical (unpaired) electrons. The quantitative estimate of drug-likeness (QED) is 0.871. The van der Waals surface area contributed by atoms with E-state index in [0.29, 0.717) is 5.56 Å². The average molecular weight is 285 g/mol. The second-order valence-corrected chi connectivity index (χ2v) is 4.13. The van der Waals surface area contributed by atoms with E-state index in [2.05, 4.69) is 4.74 Å². The largest absolute Gasteiger partial charge is 0.435 e. The summed E-state index contributed by atoms with van der Waals surface area (Å²) in [5.41, 5.74) is 6.49. The molecule has 20 heavy (non-hydrogen) atoms. The van der Waals surface area contributed by atoms with Crippen LogP contribution in [0, 0.1) is 11.6 Å². The molecule has 0 saturated heterocycles. The Morgan fingerprint density at radius 2 is 1.55 bits per heavy atom. The third kappa shape index (κ3) is 3.48. The second-order valence-electron chi connectivity index (χ2n) is 4.13. The fraction of sp³-hybridized carbons (Fsp3) is 0.143. The lowest BCUT2D eigenvalue weighted by molar-refractivity contribution is -0.0498. The third-order valence-electron chi connectivity index (χ3n) is 2.69. The monoisotopic (exact) mass is 285 g/mol. The van der Waals surface area contributed by atoms with E-state index >= 15 is 0 Å². The van der Waals surface area contributed by atoms with Crippen LogP contribution in [-0.4, -0.2) is 6.61 Å². The van der Waals surface area contributed by atoms with Gasteiger partial charge in [0, 0.05) is 6.07 Å². The number of halogens is 4. The van der Waals surface area contributed by atoms with Crippen LogP contribution in [0.3, 0.4) is 0 Å². The Labute approximate surface area is 112 Å². The van der Waals surface area contributed by atoms with Gasteiger partial charge in [-0.1, -0.05) is 12.1 Å². The molecular weight excluding hydrogens is 274 g/mol. The number of alkyl halides is 2. The highest BCUT2D eigenvalue weighted by Gasteiger charge is 2.13. The fourth-order valence-electron chi connectivity index (χ4n) is 1.83. The normalized spacial score (nSPS) is 12.5. The van der Waals surface area contributed by atoms with Crippen LogP contribution in [0.15, 0.2) is 42.5 Å². The minimum Gasteiger partial charge on any atom is -0.435 e. The Bertz CT molecular complexity index is 583. The molecule has 0 fully saturated rings. The van der Waals surface area contributed by atoms with Crippen molar-refractivity contribution in [2.24, 2.45) is 5.73 Å². The lowest BCUT2D eigenvalue weighted by Gasteiger charge is -2.14. The lowest BCUT2D eigenvalue weighted by Crippen LogP contribution is -2.13. The van der Waals surface area contributed by atoms with Gasteiger partial charge >= 0.3 is 6.61 Å². The molecule has 2 rings (SSSR count). The number of ether oxygens (including phenoxy) is 1. The Hall–Kier alpha value is -2.08. The minimum atomic E-state index is -2.95. The molecule has 2 aromatic carbocycles. The van der Waals surface area contributed by atoms with Crippen molar-refractivity contribution in [2.45, 2.75) is 12.7 Å². The first-order chi connectivity index (χ1) is 9.45. The molecule has 0 aliphatic heterocycles. The molecule has 2 nitrogen and oxygen atoms in total. The van der Waals surface area contributed by atoms with Crippen molar-refractivity contribution >= 4 is 0 Å². The van der Waals surface area contributed by atoms with E-state index in [9.17, 15) is 17.6 Å². The van der Waals surface area contributed by atoms with Gasteiger partial charge in [0.15, 0.2) is 0 Å². The standard InChI is InChI=1S/C14H11F4NO/c15-10-4-9(5-11(16)7-10)13(19)8-2-1-3-12(6-8)20-14(17)18/h1-7,13-14H,19H2. The van der Waals surface area contributed by atoms with Crippen LogP contribution in [0.2, 0.25) is 0 Å². The van der Waals surface area contributed by atoms with Crippen molar-refractivity contribution in [3.63, 3.8) is 0 Å². The lowest BCUT2D eigenvalue weighted by atomic mass is 9.99. The highest BCUT2D eigenvalue weighted by Crippen LogP contribution is 2.25. The zero-order valence-corrected chi connectivity index (χ0v) is 10.2. The fourth-order valence-corrected chi connectivity index (χ4v) is 1.83. The van der Waals surface area contributed by atoms with Gasteiger partial charge in [0.1, 0.15) is 17.4 Å². The summed E-state index contributed by atoms with van der Waals surface area (Å²) in [5, 5.41) is 0. The molecule has 0 heterocycles. The maximum atomic E-state index is 13.1. The number of hydrogen-bond donors (Lipinski definition) is 1. The van der Waals surface area contributed by atoms with Gasteiger partial charge in [-0.25, -0.2) is 8.78 Å². The van der Waals surface area contributed by atoms with Gasteiger partial charge in [-0.3, -0.25) is 0 Å². The SMILES string of the molecule is NC(c1cc(F)cc(F)c1)c1cccc(OC(F)F)c1. The molecule has 2 N–H and O–H groups in total. The molecule has 0 aromatic heterocycles. The zero-order valence-electron chi connectivity index (χ0n) is 10.2. The summed E-state index contributed by atoms with van der Waals surface area (Å²) in [6.07, 6.45) is 0. The number of rotatable bonds is 4. The van der Waals surface area contributed by atoms with E-state index in [1.807, 2.05) is 0 Å². The summed E-state index contributed by atoms with van der Waals surface area (Å²) in [5.74, 6) is -1.57. The van der Waals surface area contributed by atoms with E-state index in [0.717, 1.165) is 18.2 Å². The van der Waals surface area contributed by atoms with Crippen molar-refractivity contribution < 1.29 is 22.3 Å². The highest BCUT2D eigenvalue weighted by atomic mass is 19.3. The summed E-state index contributed by atoms with van der Waals surface area (Å²) in [4.78, 5) is 0. The molecule has 0 saturated carbocycles. The Balaban J connectivity index is 2.30. The molecule has 0 aliphatic rings. The first kappa shape index (κ1) is 14.3. The summed E-state index contributed by atoms with van der Waals surface area (Å²) in [7, 11) is 0. The first-order valence-electron chi connectivity index (χ1n) is 5.72. The second kappa shape index (κ2) is 5.92. The molecule has 0 aliphatic carbocycles. The van der Waals surface area contributed by atoms with E-state index in [-0.39, 0.29) is 11.3 Å². The van der Waals surface area contributed by atoms with E-state index in [4.69, 9.17) is 5.73 Å². The van der Waals surface area contributed by atoms with Gasteiger partial charge in [-0.2, -0.15) is 8.78 Å². The molecule has 0 amide bonds. The zero-order chi connectivity index (χ0) is 14.7. The van der Waals surface area contributed by atoms with E-state index in [1.54, 1.807) is 6.07 Å². The molecule has 0 bridgehead atoms. The van der Waals surface area contributed by atoms with Crippen molar-refractivity contribution in [3.05, 3.63) is 65.2 Å². The van der Waals surface area contributed by atoms with Crippen molar-refractivity contribution in [2.75, 3.05) is 0 Å². The Kier molecular flexibility index (Phi) is 4.24. The molecular formula is C14H11F4NO. The predicted molar refractivity (Wildman–Crippen MR) is 65.5 cm³/mol. The highest BCUT2D eigenvalue weighted by molar-refractivity contribution is 5.36. The van der Waals surface area contributed by atoms with Gasteiger partial charge in [-0.05, 0) is 35.4 Å². The maximum Gasteiger partial charge on any atom is 0.387 e.